The summed E-state index contributed by atoms with van der Waals surface area (Å²) in [6, 6.07) is 12.4. The van der Waals surface area contributed by atoms with Gasteiger partial charge in [-0.2, -0.15) is 0 Å². The molecule has 26 heavy (non-hydrogen) atoms. The van der Waals surface area contributed by atoms with Gasteiger partial charge in [-0.15, -0.1) is 0 Å². The fraction of sp³-hybridized carbons (Fsp3) is 0.263. The first kappa shape index (κ1) is 18.5. The molecule has 0 fully saturated rings. The third-order valence-corrected chi connectivity index (χ3v) is 4.60. The highest BCUT2D eigenvalue weighted by molar-refractivity contribution is 6.35. The van der Waals surface area contributed by atoms with Crippen LogP contribution in [0.3, 0.4) is 0 Å². The molecule has 1 atom stereocenters. The molecule has 0 N–H and O–H groups in total. The lowest BCUT2D eigenvalue weighted by Gasteiger charge is -2.22. The van der Waals surface area contributed by atoms with Crippen LogP contribution in [-0.4, -0.2) is 31.1 Å². The van der Waals surface area contributed by atoms with Gasteiger partial charge in [-0.3, -0.25) is 4.79 Å². The smallest absolute Gasteiger partial charge is 0.344 e. The van der Waals surface area contributed by atoms with Gasteiger partial charge in [0.1, 0.15) is 5.75 Å². The Balaban J connectivity index is 1.52. The molecule has 0 radical (unpaired) electrons. The lowest BCUT2D eigenvalue weighted by molar-refractivity contribution is -0.149. The number of carbonyl (C=O) groups excluding carboxylic acids is 2. The Morgan fingerprint density at radius 1 is 1.15 bits per heavy atom. The van der Waals surface area contributed by atoms with Crippen molar-refractivity contribution in [3.05, 3.63) is 58.1 Å². The number of esters is 1. The Labute approximate surface area is 161 Å². The molecule has 0 aromatic heterocycles. The molecule has 7 heteroatoms. The molecule has 0 saturated heterocycles. The lowest BCUT2D eigenvalue weighted by Crippen LogP contribution is -2.39. The third-order valence-electron chi connectivity index (χ3n) is 4.07. The van der Waals surface area contributed by atoms with E-state index in [-0.39, 0.29) is 25.2 Å². The van der Waals surface area contributed by atoms with Crippen molar-refractivity contribution >= 4 is 40.8 Å². The first-order valence-corrected chi connectivity index (χ1v) is 8.84. The second-order valence-corrected chi connectivity index (χ2v) is 6.81. The molecular formula is C19H17Cl2NO4. The van der Waals surface area contributed by atoms with Crippen LogP contribution in [0.15, 0.2) is 42.5 Å². The fourth-order valence-corrected chi connectivity index (χ4v) is 3.39. The zero-order valence-electron chi connectivity index (χ0n) is 14.1. The fourth-order valence-electron chi connectivity index (χ4n) is 2.93. The number of amides is 1. The molecule has 136 valence electrons. The van der Waals surface area contributed by atoms with E-state index in [4.69, 9.17) is 32.7 Å². The second-order valence-electron chi connectivity index (χ2n) is 5.97. The van der Waals surface area contributed by atoms with Crippen LogP contribution in [0.5, 0.6) is 5.75 Å². The maximum atomic E-state index is 12.5. The molecule has 0 bridgehead atoms. The van der Waals surface area contributed by atoms with Gasteiger partial charge in [0, 0.05) is 16.8 Å². The van der Waals surface area contributed by atoms with Gasteiger partial charge in [0.2, 0.25) is 0 Å². The van der Waals surface area contributed by atoms with Gasteiger partial charge in [-0.1, -0.05) is 41.4 Å². The Morgan fingerprint density at radius 2 is 1.92 bits per heavy atom. The summed E-state index contributed by atoms with van der Waals surface area (Å²) in [6.45, 7) is 1.28. The summed E-state index contributed by atoms with van der Waals surface area (Å²) >= 11 is 11.8. The van der Waals surface area contributed by atoms with Gasteiger partial charge >= 0.3 is 5.97 Å². The van der Waals surface area contributed by atoms with E-state index in [1.165, 1.54) is 6.07 Å². The van der Waals surface area contributed by atoms with Gasteiger partial charge in [0.25, 0.3) is 5.91 Å². The van der Waals surface area contributed by atoms with E-state index in [0.29, 0.717) is 15.8 Å². The van der Waals surface area contributed by atoms with Gasteiger partial charge in [0.15, 0.2) is 13.2 Å². The van der Waals surface area contributed by atoms with Crippen LogP contribution in [0.1, 0.15) is 12.5 Å². The molecule has 1 heterocycles. The summed E-state index contributed by atoms with van der Waals surface area (Å²) < 4.78 is 10.3. The van der Waals surface area contributed by atoms with Gasteiger partial charge < -0.3 is 14.4 Å². The number of benzene rings is 2. The normalized spacial score (nSPS) is 15.5. The standard InChI is InChI=1S/C19H17Cl2NO4/c1-12-8-13-4-2-3-5-16(13)22(12)18(23)10-26-19(24)11-25-17-7-6-14(20)9-15(17)21/h2-7,9,12H,8,10-11H2,1H3. The SMILES string of the molecule is CC1Cc2ccccc2N1C(=O)COC(=O)COc1ccc(Cl)cc1Cl. The minimum Gasteiger partial charge on any atom is -0.480 e. The van der Waals surface area contributed by atoms with Crippen molar-refractivity contribution in [2.45, 2.75) is 19.4 Å². The first-order chi connectivity index (χ1) is 12.5. The van der Waals surface area contributed by atoms with E-state index >= 15 is 0 Å². The highest BCUT2D eigenvalue weighted by atomic mass is 35.5. The van der Waals surface area contributed by atoms with E-state index < -0.39 is 5.97 Å². The van der Waals surface area contributed by atoms with E-state index in [0.717, 1.165) is 17.7 Å². The van der Waals surface area contributed by atoms with E-state index in [2.05, 4.69) is 0 Å². The number of nitrogens with zero attached hydrogens (tertiary/aromatic N) is 1. The minimum absolute atomic E-state index is 0.0303. The Kier molecular flexibility index (Phi) is 5.69. The number of rotatable bonds is 5. The van der Waals surface area contributed by atoms with E-state index in [1.807, 2.05) is 31.2 Å². The van der Waals surface area contributed by atoms with Crippen LogP contribution in [0.2, 0.25) is 10.0 Å². The molecular weight excluding hydrogens is 377 g/mol. The number of halogens is 2. The number of hydrogen-bond donors (Lipinski definition) is 0. The Morgan fingerprint density at radius 3 is 2.69 bits per heavy atom. The lowest BCUT2D eigenvalue weighted by atomic mass is 10.1. The molecule has 5 nitrogen and oxygen atoms in total. The summed E-state index contributed by atoms with van der Waals surface area (Å²) in [5, 5.41) is 0.763. The van der Waals surface area contributed by atoms with Gasteiger partial charge in [-0.05, 0) is 43.2 Å². The number of carbonyl (C=O) groups is 2. The summed E-state index contributed by atoms with van der Waals surface area (Å²) in [4.78, 5) is 26.0. The van der Waals surface area contributed by atoms with Crippen LogP contribution < -0.4 is 9.64 Å². The highest BCUT2D eigenvalue weighted by Crippen LogP contribution is 2.31. The van der Waals surface area contributed by atoms with E-state index in [1.54, 1.807) is 17.0 Å². The van der Waals surface area contributed by atoms with Gasteiger partial charge in [-0.25, -0.2) is 4.79 Å². The zero-order valence-corrected chi connectivity index (χ0v) is 15.6. The molecule has 0 saturated carbocycles. The maximum Gasteiger partial charge on any atom is 0.344 e. The van der Waals surface area contributed by atoms with Crippen LogP contribution in [0.25, 0.3) is 0 Å². The molecule has 3 rings (SSSR count). The van der Waals surface area contributed by atoms with Crippen molar-refractivity contribution in [1.82, 2.24) is 0 Å². The van der Waals surface area contributed by atoms with E-state index in [9.17, 15) is 9.59 Å². The second kappa shape index (κ2) is 7.98. The molecule has 1 aliphatic heterocycles. The summed E-state index contributed by atoms with van der Waals surface area (Å²) in [6.07, 6.45) is 0.786. The molecule has 1 unspecified atom stereocenters. The van der Waals surface area contributed by atoms with Gasteiger partial charge in [0.05, 0.1) is 5.02 Å². The van der Waals surface area contributed by atoms with Crippen molar-refractivity contribution < 1.29 is 19.1 Å². The average Bonchev–Trinajstić information content (AvgIpc) is 2.94. The summed E-state index contributed by atoms with van der Waals surface area (Å²) in [7, 11) is 0. The largest absolute Gasteiger partial charge is 0.480 e. The number of fused-ring (bicyclic) bond motifs is 1. The molecule has 0 spiro atoms. The zero-order chi connectivity index (χ0) is 18.7. The predicted octanol–water partition coefficient (Wildman–Crippen LogP) is 3.89. The molecule has 0 aliphatic carbocycles. The van der Waals surface area contributed by atoms with Crippen molar-refractivity contribution in [2.24, 2.45) is 0 Å². The Hall–Kier alpha value is -2.24. The van der Waals surface area contributed by atoms with Crippen LogP contribution in [-0.2, 0) is 20.7 Å². The predicted molar refractivity (Wildman–Crippen MR) is 100 cm³/mol. The molecule has 2 aromatic carbocycles. The summed E-state index contributed by atoms with van der Waals surface area (Å²) in [5.41, 5.74) is 1.98. The highest BCUT2D eigenvalue weighted by Gasteiger charge is 2.30. The molecule has 1 aliphatic rings. The van der Waals surface area contributed by atoms with Crippen LogP contribution >= 0.6 is 23.2 Å². The van der Waals surface area contributed by atoms with Crippen molar-refractivity contribution in [3.63, 3.8) is 0 Å². The summed E-state index contributed by atoms with van der Waals surface area (Å²) in [5.74, 6) is -0.591. The molecule has 1 amide bonds. The quantitative estimate of drug-likeness (QED) is 0.722. The topological polar surface area (TPSA) is 55.8 Å². The van der Waals surface area contributed by atoms with Crippen LogP contribution in [0, 0.1) is 0 Å². The van der Waals surface area contributed by atoms with Crippen LogP contribution in [0.4, 0.5) is 5.69 Å². The third kappa shape index (κ3) is 4.11. The first-order valence-electron chi connectivity index (χ1n) is 8.09. The maximum absolute atomic E-state index is 12.5. The Bertz CT molecular complexity index is 840. The molecule has 2 aromatic rings. The monoisotopic (exact) mass is 393 g/mol. The number of para-hydroxylation sites is 1. The minimum atomic E-state index is -0.649. The van der Waals surface area contributed by atoms with Crippen molar-refractivity contribution in [2.75, 3.05) is 18.1 Å². The average molecular weight is 394 g/mol. The number of hydrogen-bond acceptors (Lipinski definition) is 4. The van der Waals surface area contributed by atoms with Crippen molar-refractivity contribution in [1.29, 1.82) is 0 Å². The number of anilines is 1. The number of ether oxygens (including phenoxy) is 2. The van der Waals surface area contributed by atoms with Crippen molar-refractivity contribution in [3.8, 4) is 5.75 Å².